The Labute approximate surface area is 201 Å². The fourth-order valence-corrected chi connectivity index (χ4v) is 5.07. The van der Waals surface area contributed by atoms with Crippen molar-refractivity contribution in [3.63, 3.8) is 0 Å². The molecule has 3 aromatic rings. The second kappa shape index (κ2) is 10.0. The van der Waals surface area contributed by atoms with Gasteiger partial charge in [-0.15, -0.1) is 11.3 Å². The van der Waals surface area contributed by atoms with E-state index in [0.717, 1.165) is 39.2 Å². The molecule has 0 spiro atoms. The Balaban J connectivity index is 1.42. The standard InChI is InChI=1S/C25H25N3O5S/c1-3-20-14(2)34-24(26-20)28-23(31)21(12-22(29)30)27-25(32)33-13-19-17-10-6-4-8-15(17)16-9-5-7-11-18(16)19/h4-11,19,21H,3,12-13H2,1-2H3,(H,27,32)(H,29,30)(H,26,28,31). The largest absolute Gasteiger partial charge is 0.481 e. The van der Waals surface area contributed by atoms with Gasteiger partial charge in [-0.25, -0.2) is 9.78 Å². The minimum atomic E-state index is -1.30. The molecule has 1 atom stereocenters. The first-order chi connectivity index (χ1) is 16.4. The summed E-state index contributed by atoms with van der Waals surface area (Å²) in [4.78, 5) is 41.9. The maximum atomic E-state index is 12.7. The molecule has 0 bridgehead atoms. The normalized spacial score (nSPS) is 13.0. The number of alkyl carbamates (subject to hydrolysis) is 1. The quantitative estimate of drug-likeness (QED) is 0.443. The highest BCUT2D eigenvalue weighted by atomic mass is 32.1. The number of aliphatic carboxylic acids is 1. The van der Waals surface area contributed by atoms with Gasteiger partial charge in [-0.05, 0) is 35.6 Å². The van der Waals surface area contributed by atoms with Crippen LogP contribution in [0.4, 0.5) is 9.93 Å². The molecule has 1 aliphatic carbocycles. The number of carbonyl (C=O) groups is 3. The summed E-state index contributed by atoms with van der Waals surface area (Å²) in [5.41, 5.74) is 5.17. The lowest BCUT2D eigenvalue weighted by atomic mass is 9.98. The van der Waals surface area contributed by atoms with Crippen LogP contribution in [-0.2, 0) is 20.7 Å². The molecule has 0 saturated heterocycles. The summed E-state index contributed by atoms with van der Waals surface area (Å²) in [7, 11) is 0. The summed E-state index contributed by atoms with van der Waals surface area (Å²) in [6, 6.07) is 14.6. The first-order valence-corrected chi connectivity index (χ1v) is 11.8. The van der Waals surface area contributed by atoms with E-state index in [0.29, 0.717) is 5.13 Å². The maximum absolute atomic E-state index is 12.7. The van der Waals surface area contributed by atoms with Crippen molar-refractivity contribution in [1.82, 2.24) is 10.3 Å². The molecule has 34 heavy (non-hydrogen) atoms. The van der Waals surface area contributed by atoms with Crippen LogP contribution in [0.15, 0.2) is 48.5 Å². The van der Waals surface area contributed by atoms with Gasteiger partial charge in [-0.1, -0.05) is 55.5 Å². The van der Waals surface area contributed by atoms with Crippen molar-refractivity contribution < 1.29 is 24.2 Å². The molecule has 1 aliphatic rings. The first kappa shape index (κ1) is 23.4. The van der Waals surface area contributed by atoms with Gasteiger partial charge in [0.15, 0.2) is 5.13 Å². The maximum Gasteiger partial charge on any atom is 0.407 e. The van der Waals surface area contributed by atoms with Crippen LogP contribution >= 0.6 is 11.3 Å². The monoisotopic (exact) mass is 479 g/mol. The Morgan fingerprint density at radius 3 is 2.26 bits per heavy atom. The first-order valence-electron chi connectivity index (χ1n) is 11.0. The molecule has 2 amide bonds. The number of nitrogens with zero attached hydrogens (tertiary/aromatic N) is 1. The smallest absolute Gasteiger partial charge is 0.407 e. The Bertz CT molecular complexity index is 1190. The lowest BCUT2D eigenvalue weighted by Crippen LogP contribution is -2.45. The summed E-state index contributed by atoms with van der Waals surface area (Å²) in [6.45, 7) is 3.92. The Morgan fingerprint density at radius 2 is 1.71 bits per heavy atom. The zero-order valence-corrected chi connectivity index (χ0v) is 19.6. The van der Waals surface area contributed by atoms with Crippen molar-refractivity contribution in [3.8, 4) is 11.1 Å². The number of hydrogen-bond acceptors (Lipinski definition) is 6. The molecule has 1 aromatic heterocycles. The van der Waals surface area contributed by atoms with Gasteiger partial charge in [0.1, 0.15) is 12.6 Å². The Morgan fingerprint density at radius 1 is 1.09 bits per heavy atom. The SMILES string of the molecule is CCc1nc(NC(=O)C(CC(=O)O)NC(=O)OCC2c3ccccc3-c3ccccc32)sc1C. The number of ether oxygens (including phenoxy) is 1. The van der Waals surface area contributed by atoms with Crippen LogP contribution in [-0.4, -0.2) is 40.7 Å². The van der Waals surface area contributed by atoms with E-state index in [4.69, 9.17) is 4.74 Å². The minimum Gasteiger partial charge on any atom is -0.481 e. The van der Waals surface area contributed by atoms with Gasteiger partial charge in [0, 0.05) is 10.8 Å². The zero-order chi connectivity index (χ0) is 24.2. The average molecular weight is 480 g/mol. The van der Waals surface area contributed by atoms with E-state index < -0.39 is 30.4 Å². The number of nitrogens with one attached hydrogen (secondary N) is 2. The van der Waals surface area contributed by atoms with Crippen LogP contribution in [0.5, 0.6) is 0 Å². The minimum absolute atomic E-state index is 0.0623. The number of anilines is 1. The van der Waals surface area contributed by atoms with E-state index in [9.17, 15) is 19.5 Å². The van der Waals surface area contributed by atoms with E-state index in [1.165, 1.54) is 11.3 Å². The highest BCUT2D eigenvalue weighted by Gasteiger charge is 2.30. The topological polar surface area (TPSA) is 118 Å². The van der Waals surface area contributed by atoms with Crippen LogP contribution in [0.25, 0.3) is 11.1 Å². The number of hydrogen-bond donors (Lipinski definition) is 3. The van der Waals surface area contributed by atoms with Crippen LogP contribution in [0.1, 0.15) is 41.0 Å². The number of carboxylic acid groups (broad SMARTS) is 1. The molecule has 8 nitrogen and oxygen atoms in total. The zero-order valence-electron chi connectivity index (χ0n) is 18.8. The third kappa shape index (κ3) is 4.94. The van der Waals surface area contributed by atoms with Gasteiger partial charge in [0.2, 0.25) is 5.91 Å². The number of carbonyl (C=O) groups excluding carboxylic acids is 2. The van der Waals surface area contributed by atoms with Gasteiger partial charge in [-0.2, -0.15) is 0 Å². The van der Waals surface area contributed by atoms with Gasteiger partial charge in [0.05, 0.1) is 12.1 Å². The van der Waals surface area contributed by atoms with Crippen LogP contribution in [0.2, 0.25) is 0 Å². The second-order valence-electron chi connectivity index (χ2n) is 7.99. The summed E-state index contributed by atoms with van der Waals surface area (Å²) >= 11 is 1.30. The van der Waals surface area contributed by atoms with Crippen molar-refractivity contribution in [2.75, 3.05) is 11.9 Å². The van der Waals surface area contributed by atoms with Gasteiger partial charge < -0.3 is 20.5 Å². The predicted octanol–water partition coefficient (Wildman–Crippen LogP) is 4.33. The molecule has 4 rings (SSSR count). The molecule has 9 heteroatoms. The summed E-state index contributed by atoms with van der Waals surface area (Å²) in [5.74, 6) is -2.02. The molecular weight excluding hydrogens is 454 g/mol. The number of aryl methyl sites for hydroxylation is 2. The Hall–Kier alpha value is -3.72. The summed E-state index contributed by atoms with van der Waals surface area (Å²) in [6.07, 6.45) is -0.719. The lowest BCUT2D eigenvalue weighted by molar-refractivity contribution is -0.139. The van der Waals surface area contributed by atoms with Crippen molar-refractivity contribution in [1.29, 1.82) is 0 Å². The number of thiazole rings is 1. The van der Waals surface area contributed by atoms with Crippen LogP contribution in [0.3, 0.4) is 0 Å². The number of rotatable bonds is 8. The average Bonchev–Trinajstić information content (AvgIpc) is 3.33. The van der Waals surface area contributed by atoms with Crippen molar-refractivity contribution in [3.05, 3.63) is 70.2 Å². The third-order valence-electron chi connectivity index (χ3n) is 5.79. The Kier molecular flexibility index (Phi) is 6.93. The van der Waals surface area contributed by atoms with Crippen molar-refractivity contribution in [2.45, 2.75) is 38.6 Å². The molecule has 0 fully saturated rings. The van der Waals surface area contributed by atoms with Crippen molar-refractivity contribution >= 4 is 34.4 Å². The van der Waals surface area contributed by atoms with E-state index >= 15 is 0 Å². The fraction of sp³-hybridized carbons (Fsp3) is 0.280. The van der Waals surface area contributed by atoms with E-state index in [1.807, 2.05) is 62.4 Å². The van der Waals surface area contributed by atoms with Crippen LogP contribution < -0.4 is 10.6 Å². The number of benzene rings is 2. The highest BCUT2D eigenvalue weighted by Crippen LogP contribution is 2.44. The van der Waals surface area contributed by atoms with Crippen molar-refractivity contribution in [2.24, 2.45) is 0 Å². The van der Waals surface area contributed by atoms with Gasteiger partial charge in [0.25, 0.3) is 0 Å². The lowest BCUT2D eigenvalue weighted by Gasteiger charge is -2.18. The number of fused-ring (bicyclic) bond motifs is 3. The molecule has 2 aromatic carbocycles. The number of aromatic nitrogens is 1. The van der Waals surface area contributed by atoms with Gasteiger partial charge in [-0.3, -0.25) is 9.59 Å². The molecule has 1 unspecified atom stereocenters. The molecule has 0 saturated carbocycles. The van der Waals surface area contributed by atoms with E-state index in [-0.39, 0.29) is 12.5 Å². The predicted molar refractivity (Wildman–Crippen MR) is 129 cm³/mol. The van der Waals surface area contributed by atoms with Gasteiger partial charge >= 0.3 is 12.1 Å². The second-order valence-corrected chi connectivity index (χ2v) is 9.19. The molecule has 176 valence electrons. The number of amides is 2. The van der Waals surface area contributed by atoms with Crippen LogP contribution in [0, 0.1) is 6.92 Å². The molecule has 3 N–H and O–H groups in total. The third-order valence-corrected chi connectivity index (χ3v) is 6.72. The number of carboxylic acids is 1. The fourth-order valence-electron chi connectivity index (χ4n) is 4.17. The summed E-state index contributed by atoms with van der Waals surface area (Å²) < 4.78 is 5.46. The summed E-state index contributed by atoms with van der Waals surface area (Å²) in [5, 5.41) is 14.6. The van der Waals surface area contributed by atoms with E-state index in [1.54, 1.807) is 0 Å². The molecule has 0 aliphatic heterocycles. The molecule has 1 heterocycles. The van der Waals surface area contributed by atoms with E-state index in [2.05, 4.69) is 15.6 Å². The molecular formula is C25H25N3O5S. The molecule has 0 radical (unpaired) electrons. The highest BCUT2D eigenvalue weighted by molar-refractivity contribution is 7.15.